The lowest BCUT2D eigenvalue weighted by Crippen LogP contribution is -2.40. The summed E-state index contributed by atoms with van der Waals surface area (Å²) in [5.74, 6) is -0.218. The minimum absolute atomic E-state index is 0.0231. The maximum absolute atomic E-state index is 11.2. The van der Waals surface area contributed by atoms with Crippen LogP contribution in [0.3, 0.4) is 0 Å². The van der Waals surface area contributed by atoms with Crippen molar-refractivity contribution in [3.8, 4) is 0 Å². The van der Waals surface area contributed by atoms with Gasteiger partial charge >= 0.3 is 0 Å². The van der Waals surface area contributed by atoms with Crippen LogP contribution in [0.15, 0.2) is 0 Å². The third-order valence-electron chi connectivity index (χ3n) is 1.93. The lowest BCUT2D eigenvalue weighted by molar-refractivity contribution is -0.138. The maximum Gasteiger partial charge on any atom is 0.252 e. The fourth-order valence-electron chi connectivity index (χ4n) is 1.25. The van der Waals surface area contributed by atoms with E-state index >= 15 is 0 Å². The molecule has 3 N–H and O–H groups in total. The first-order chi connectivity index (χ1) is 5.25. The van der Waals surface area contributed by atoms with E-state index in [2.05, 4.69) is 0 Å². The van der Waals surface area contributed by atoms with Gasteiger partial charge in [0.05, 0.1) is 0 Å². The zero-order valence-electron chi connectivity index (χ0n) is 6.49. The van der Waals surface area contributed by atoms with Crippen molar-refractivity contribution < 1.29 is 9.90 Å². The SMILES string of the molecule is NC[C@H](O)C(=O)N1CCCC1. The van der Waals surface area contributed by atoms with Gasteiger partial charge in [0, 0.05) is 19.6 Å². The van der Waals surface area contributed by atoms with Gasteiger partial charge in [-0.3, -0.25) is 4.79 Å². The predicted molar refractivity (Wildman–Crippen MR) is 40.9 cm³/mol. The van der Waals surface area contributed by atoms with Crippen LogP contribution in [0.1, 0.15) is 12.8 Å². The van der Waals surface area contributed by atoms with Crippen molar-refractivity contribution in [3.63, 3.8) is 0 Å². The van der Waals surface area contributed by atoms with Gasteiger partial charge in [0.1, 0.15) is 6.10 Å². The second kappa shape index (κ2) is 3.69. The number of amides is 1. The molecule has 1 aliphatic rings. The molecule has 0 aliphatic carbocycles. The Balaban J connectivity index is 2.39. The topological polar surface area (TPSA) is 66.6 Å². The number of nitrogens with two attached hydrogens (primary N) is 1. The number of hydrogen-bond acceptors (Lipinski definition) is 3. The zero-order valence-corrected chi connectivity index (χ0v) is 6.49. The quantitative estimate of drug-likeness (QED) is 0.537. The van der Waals surface area contributed by atoms with Gasteiger partial charge in [0.2, 0.25) is 0 Å². The third-order valence-corrected chi connectivity index (χ3v) is 1.93. The second-order valence-corrected chi connectivity index (χ2v) is 2.78. The summed E-state index contributed by atoms with van der Waals surface area (Å²) in [6, 6.07) is 0. The van der Waals surface area contributed by atoms with E-state index in [0.29, 0.717) is 0 Å². The van der Waals surface area contributed by atoms with Crippen molar-refractivity contribution in [2.75, 3.05) is 19.6 Å². The molecule has 0 unspecified atom stereocenters. The molecule has 64 valence electrons. The predicted octanol–water partition coefficient (Wildman–Crippen LogP) is -1.07. The van der Waals surface area contributed by atoms with Crippen molar-refractivity contribution >= 4 is 5.91 Å². The Morgan fingerprint density at radius 3 is 2.55 bits per heavy atom. The number of carbonyl (C=O) groups excluding carboxylic acids is 1. The average Bonchev–Trinajstić information content (AvgIpc) is 2.53. The Morgan fingerprint density at radius 1 is 1.55 bits per heavy atom. The summed E-state index contributed by atoms with van der Waals surface area (Å²) in [6.45, 7) is 1.57. The molecule has 0 aromatic heterocycles. The molecule has 0 radical (unpaired) electrons. The van der Waals surface area contributed by atoms with E-state index < -0.39 is 6.10 Å². The highest BCUT2D eigenvalue weighted by atomic mass is 16.3. The van der Waals surface area contributed by atoms with E-state index in [9.17, 15) is 4.79 Å². The van der Waals surface area contributed by atoms with Gasteiger partial charge < -0.3 is 15.7 Å². The van der Waals surface area contributed by atoms with Crippen LogP contribution in [-0.4, -0.2) is 41.7 Å². The van der Waals surface area contributed by atoms with Gasteiger partial charge in [-0.2, -0.15) is 0 Å². The van der Waals surface area contributed by atoms with Gasteiger partial charge in [-0.15, -0.1) is 0 Å². The molecule has 0 spiro atoms. The van der Waals surface area contributed by atoms with Crippen LogP contribution in [0, 0.1) is 0 Å². The number of nitrogens with zero attached hydrogens (tertiary/aromatic N) is 1. The van der Waals surface area contributed by atoms with Crippen molar-refractivity contribution in [1.82, 2.24) is 4.90 Å². The molecule has 1 fully saturated rings. The minimum Gasteiger partial charge on any atom is -0.382 e. The molecule has 1 atom stereocenters. The van der Waals surface area contributed by atoms with E-state index in [1.165, 1.54) is 0 Å². The normalized spacial score (nSPS) is 20.4. The monoisotopic (exact) mass is 158 g/mol. The molecule has 4 nitrogen and oxygen atoms in total. The summed E-state index contributed by atoms with van der Waals surface area (Å²) in [5, 5.41) is 9.07. The molecular formula is C7H14N2O2. The summed E-state index contributed by atoms with van der Waals surface area (Å²) in [4.78, 5) is 12.8. The first-order valence-electron chi connectivity index (χ1n) is 3.92. The second-order valence-electron chi connectivity index (χ2n) is 2.78. The first-order valence-corrected chi connectivity index (χ1v) is 3.92. The lowest BCUT2D eigenvalue weighted by Gasteiger charge is -2.17. The van der Waals surface area contributed by atoms with Crippen LogP contribution >= 0.6 is 0 Å². The van der Waals surface area contributed by atoms with Crippen molar-refractivity contribution in [2.45, 2.75) is 18.9 Å². The summed E-state index contributed by atoms with van der Waals surface area (Å²) in [5.41, 5.74) is 5.14. The molecule has 0 bridgehead atoms. The van der Waals surface area contributed by atoms with E-state index in [1.54, 1.807) is 4.90 Å². The van der Waals surface area contributed by atoms with Crippen molar-refractivity contribution in [2.24, 2.45) is 5.73 Å². The Kier molecular flexibility index (Phi) is 2.84. The molecule has 1 saturated heterocycles. The van der Waals surface area contributed by atoms with Gasteiger partial charge in [-0.1, -0.05) is 0 Å². The van der Waals surface area contributed by atoms with Crippen LogP contribution in [-0.2, 0) is 4.79 Å². The lowest BCUT2D eigenvalue weighted by atomic mass is 10.3. The Morgan fingerprint density at radius 2 is 2.09 bits per heavy atom. The Hall–Kier alpha value is -0.610. The van der Waals surface area contributed by atoms with Gasteiger partial charge in [-0.25, -0.2) is 0 Å². The minimum atomic E-state index is -0.993. The first kappa shape index (κ1) is 8.49. The Labute approximate surface area is 66.0 Å². The van der Waals surface area contributed by atoms with Crippen LogP contribution in [0.2, 0.25) is 0 Å². The number of hydrogen-bond donors (Lipinski definition) is 2. The molecule has 0 aromatic rings. The van der Waals surface area contributed by atoms with Crippen LogP contribution in [0.4, 0.5) is 0 Å². The number of carbonyl (C=O) groups is 1. The molecule has 1 rings (SSSR count). The third kappa shape index (κ3) is 1.91. The molecule has 0 saturated carbocycles. The highest BCUT2D eigenvalue weighted by Gasteiger charge is 2.23. The number of aliphatic hydroxyl groups excluding tert-OH is 1. The summed E-state index contributed by atoms with van der Waals surface area (Å²) >= 11 is 0. The smallest absolute Gasteiger partial charge is 0.252 e. The summed E-state index contributed by atoms with van der Waals surface area (Å²) < 4.78 is 0. The van der Waals surface area contributed by atoms with E-state index in [4.69, 9.17) is 10.8 Å². The van der Waals surface area contributed by atoms with E-state index in [-0.39, 0.29) is 12.5 Å². The molecule has 11 heavy (non-hydrogen) atoms. The molecular weight excluding hydrogens is 144 g/mol. The zero-order chi connectivity index (χ0) is 8.27. The van der Waals surface area contributed by atoms with Gasteiger partial charge in [0.25, 0.3) is 5.91 Å². The summed E-state index contributed by atoms with van der Waals surface area (Å²) in [6.07, 6.45) is 1.10. The van der Waals surface area contributed by atoms with Gasteiger partial charge in [-0.05, 0) is 12.8 Å². The highest BCUT2D eigenvalue weighted by molar-refractivity contribution is 5.81. The number of rotatable bonds is 2. The van der Waals surface area contributed by atoms with E-state index in [0.717, 1.165) is 25.9 Å². The molecule has 1 heterocycles. The summed E-state index contributed by atoms with van der Waals surface area (Å²) in [7, 11) is 0. The largest absolute Gasteiger partial charge is 0.382 e. The maximum atomic E-state index is 11.2. The standard InChI is InChI=1S/C7H14N2O2/c8-5-6(10)7(11)9-3-1-2-4-9/h6,10H,1-5,8H2/t6-/m0/s1. The average molecular weight is 158 g/mol. The van der Waals surface area contributed by atoms with Crippen LogP contribution in [0.25, 0.3) is 0 Å². The Bertz CT molecular complexity index is 143. The van der Waals surface area contributed by atoms with Crippen molar-refractivity contribution in [3.05, 3.63) is 0 Å². The molecule has 1 aliphatic heterocycles. The number of aliphatic hydroxyl groups is 1. The molecule has 4 heteroatoms. The molecule has 0 aromatic carbocycles. The fourth-order valence-corrected chi connectivity index (χ4v) is 1.25. The van der Waals surface area contributed by atoms with Gasteiger partial charge in [0.15, 0.2) is 0 Å². The van der Waals surface area contributed by atoms with Crippen molar-refractivity contribution in [1.29, 1.82) is 0 Å². The fraction of sp³-hybridized carbons (Fsp3) is 0.857. The van der Waals surface area contributed by atoms with Crippen LogP contribution < -0.4 is 5.73 Å². The van der Waals surface area contributed by atoms with E-state index in [1.807, 2.05) is 0 Å². The molecule has 1 amide bonds. The van der Waals surface area contributed by atoms with Crippen LogP contribution in [0.5, 0.6) is 0 Å². The highest BCUT2D eigenvalue weighted by Crippen LogP contribution is 2.08. The number of likely N-dealkylation sites (tertiary alicyclic amines) is 1.